The van der Waals surface area contributed by atoms with Crippen LogP contribution in [-0.4, -0.2) is 4.98 Å². The summed E-state index contributed by atoms with van der Waals surface area (Å²) in [6.07, 6.45) is 1.67. The van der Waals surface area contributed by atoms with Crippen LogP contribution in [0.2, 0.25) is 15.2 Å². The molecule has 0 spiro atoms. The Labute approximate surface area is 131 Å². The van der Waals surface area contributed by atoms with Crippen LogP contribution in [0.15, 0.2) is 24.4 Å². The first-order valence-corrected chi connectivity index (χ1v) is 7.05. The zero-order valence-corrected chi connectivity index (χ0v) is 13.1. The lowest BCUT2D eigenvalue weighted by molar-refractivity contribution is 0.624. The van der Waals surface area contributed by atoms with E-state index in [-0.39, 0.29) is 11.1 Å². The third-order valence-electron chi connectivity index (χ3n) is 2.85. The molecule has 0 radical (unpaired) electrons. The summed E-state index contributed by atoms with van der Waals surface area (Å²) in [6, 6.07) is 4.34. The molecular weight excluding hydrogens is 322 g/mol. The lowest BCUT2D eigenvalue weighted by Gasteiger charge is -2.18. The van der Waals surface area contributed by atoms with Crippen molar-refractivity contribution in [3.8, 4) is 0 Å². The van der Waals surface area contributed by atoms with Gasteiger partial charge in [0.15, 0.2) is 5.15 Å². The maximum atomic E-state index is 13.5. The second-order valence-electron chi connectivity index (χ2n) is 4.50. The summed E-state index contributed by atoms with van der Waals surface area (Å²) < 4.78 is 13.5. The topological polar surface area (TPSA) is 24.9 Å². The molecule has 0 aliphatic heterocycles. The molecule has 0 saturated carbocycles. The molecule has 0 saturated heterocycles. The zero-order chi connectivity index (χ0) is 14.9. The van der Waals surface area contributed by atoms with E-state index in [1.54, 1.807) is 6.20 Å². The molecule has 0 bridgehead atoms. The average molecular weight is 334 g/mol. The van der Waals surface area contributed by atoms with Gasteiger partial charge in [-0.05, 0) is 43.2 Å². The normalized spacial score (nSPS) is 12.3. The fraction of sp³-hybridized carbons (Fsp3) is 0.214. The van der Waals surface area contributed by atoms with Crippen molar-refractivity contribution in [1.29, 1.82) is 0 Å². The smallest absolute Gasteiger partial charge is 0.152 e. The molecule has 0 fully saturated rings. The number of pyridine rings is 1. The molecule has 0 aliphatic rings. The SMILES string of the molecule is Cc1cnc(Cl)c(NC(C)c2cc(F)c(Cl)cc2Cl)c1. The minimum absolute atomic E-state index is 0.00112. The van der Waals surface area contributed by atoms with Crippen molar-refractivity contribution in [1.82, 2.24) is 4.98 Å². The summed E-state index contributed by atoms with van der Waals surface area (Å²) >= 11 is 17.8. The zero-order valence-electron chi connectivity index (χ0n) is 10.8. The average Bonchev–Trinajstić information content (AvgIpc) is 2.38. The van der Waals surface area contributed by atoms with Gasteiger partial charge in [0.1, 0.15) is 5.82 Å². The number of hydrogen-bond acceptors (Lipinski definition) is 2. The van der Waals surface area contributed by atoms with Crippen molar-refractivity contribution in [2.24, 2.45) is 0 Å². The van der Waals surface area contributed by atoms with Crippen LogP contribution in [-0.2, 0) is 0 Å². The molecule has 1 aromatic carbocycles. The van der Waals surface area contributed by atoms with Gasteiger partial charge in [-0.25, -0.2) is 9.37 Å². The van der Waals surface area contributed by atoms with Crippen LogP contribution < -0.4 is 5.32 Å². The van der Waals surface area contributed by atoms with Gasteiger partial charge in [-0.2, -0.15) is 0 Å². The van der Waals surface area contributed by atoms with Crippen molar-refractivity contribution in [3.63, 3.8) is 0 Å². The molecule has 6 heteroatoms. The number of benzene rings is 1. The molecule has 1 atom stereocenters. The van der Waals surface area contributed by atoms with Crippen LogP contribution in [0.3, 0.4) is 0 Å². The van der Waals surface area contributed by atoms with Crippen molar-refractivity contribution in [2.75, 3.05) is 5.32 Å². The summed E-state index contributed by atoms with van der Waals surface area (Å²) in [5.41, 5.74) is 2.24. The van der Waals surface area contributed by atoms with Crippen LogP contribution >= 0.6 is 34.8 Å². The Bertz CT molecular complexity index is 647. The second kappa shape index (κ2) is 6.17. The van der Waals surface area contributed by atoms with Gasteiger partial charge in [-0.1, -0.05) is 34.8 Å². The van der Waals surface area contributed by atoms with E-state index >= 15 is 0 Å². The van der Waals surface area contributed by atoms with Crippen LogP contribution in [0.4, 0.5) is 10.1 Å². The van der Waals surface area contributed by atoms with Gasteiger partial charge in [0.25, 0.3) is 0 Å². The molecule has 2 aromatic rings. The van der Waals surface area contributed by atoms with Gasteiger partial charge in [-0.15, -0.1) is 0 Å². The maximum absolute atomic E-state index is 13.5. The van der Waals surface area contributed by atoms with Crippen molar-refractivity contribution in [2.45, 2.75) is 19.9 Å². The fourth-order valence-corrected chi connectivity index (χ4v) is 2.54. The molecule has 1 aromatic heterocycles. The first kappa shape index (κ1) is 15.4. The van der Waals surface area contributed by atoms with Crippen LogP contribution in [0, 0.1) is 12.7 Å². The van der Waals surface area contributed by atoms with E-state index in [9.17, 15) is 4.39 Å². The Kier molecular flexibility index (Phi) is 4.74. The number of aryl methyl sites for hydroxylation is 1. The van der Waals surface area contributed by atoms with Gasteiger partial charge in [0.2, 0.25) is 0 Å². The molecule has 1 N–H and O–H groups in total. The lowest BCUT2D eigenvalue weighted by Crippen LogP contribution is -2.09. The summed E-state index contributed by atoms with van der Waals surface area (Å²) in [5, 5.41) is 3.92. The standard InChI is InChI=1S/C14H12Cl3FN2/c1-7-3-13(14(17)19-6-7)20-8(2)9-4-12(18)11(16)5-10(9)15/h3-6,8,20H,1-2H3. The minimum atomic E-state index is -0.506. The molecule has 20 heavy (non-hydrogen) atoms. The second-order valence-corrected chi connectivity index (χ2v) is 5.68. The Hall–Kier alpha value is -1.03. The number of hydrogen-bond donors (Lipinski definition) is 1. The summed E-state index contributed by atoms with van der Waals surface area (Å²) in [5.74, 6) is -0.506. The van der Waals surface area contributed by atoms with Crippen LogP contribution in [0.1, 0.15) is 24.1 Å². The lowest BCUT2D eigenvalue weighted by atomic mass is 10.1. The first-order valence-electron chi connectivity index (χ1n) is 5.91. The molecule has 0 aliphatic carbocycles. The van der Waals surface area contributed by atoms with E-state index < -0.39 is 5.82 Å². The highest BCUT2D eigenvalue weighted by Gasteiger charge is 2.14. The van der Waals surface area contributed by atoms with Crippen LogP contribution in [0.25, 0.3) is 0 Å². The Morgan fingerprint density at radius 3 is 2.55 bits per heavy atom. The minimum Gasteiger partial charge on any atom is -0.376 e. The molecule has 1 heterocycles. The monoisotopic (exact) mass is 332 g/mol. The third kappa shape index (κ3) is 3.35. The summed E-state index contributed by atoms with van der Waals surface area (Å²) in [4.78, 5) is 4.05. The number of halogens is 4. The van der Waals surface area contributed by atoms with Crippen LogP contribution in [0.5, 0.6) is 0 Å². The number of nitrogens with one attached hydrogen (secondary N) is 1. The molecule has 2 rings (SSSR count). The number of nitrogens with zero attached hydrogens (tertiary/aromatic N) is 1. The number of aromatic nitrogens is 1. The first-order chi connectivity index (χ1) is 9.38. The molecule has 1 unspecified atom stereocenters. The van der Waals surface area contributed by atoms with Gasteiger partial charge in [0, 0.05) is 11.2 Å². The largest absolute Gasteiger partial charge is 0.376 e. The van der Waals surface area contributed by atoms with E-state index in [0.717, 1.165) is 5.56 Å². The quantitative estimate of drug-likeness (QED) is 0.579. The van der Waals surface area contributed by atoms with Gasteiger partial charge < -0.3 is 5.32 Å². The van der Waals surface area contributed by atoms with Gasteiger partial charge in [-0.3, -0.25) is 0 Å². The highest BCUT2D eigenvalue weighted by molar-refractivity contribution is 6.35. The Morgan fingerprint density at radius 1 is 1.15 bits per heavy atom. The third-order valence-corrected chi connectivity index (χ3v) is 3.77. The molecule has 106 valence electrons. The van der Waals surface area contributed by atoms with E-state index in [1.807, 2.05) is 19.9 Å². The fourth-order valence-electron chi connectivity index (χ4n) is 1.83. The molecule has 0 amide bonds. The number of rotatable bonds is 3. The Morgan fingerprint density at radius 2 is 1.85 bits per heavy atom. The van der Waals surface area contributed by atoms with Crippen molar-refractivity contribution < 1.29 is 4.39 Å². The van der Waals surface area contributed by atoms with Crippen molar-refractivity contribution >= 4 is 40.5 Å². The molecule has 2 nitrogen and oxygen atoms in total. The summed E-state index contributed by atoms with van der Waals surface area (Å²) in [7, 11) is 0. The van der Waals surface area contributed by atoms with E-state index in [4.69, 9.17) is 34.8 Å². The van der Waals surface area contributed by atoms with E-state index in [2.05, 4.69) is 10.3 Å². The predicted octanol–water partition coefficient (Wildman–Crippen LogP) is 5.66. The van der Waals surface area contributed by atoms with Gasteiger partial charge in [0.05, 0.1) is 16.8 Å². The van der Waals surface area contributed by atoms with E-state index in [0.29, 0.717) is 21.4 Å². The van der Waals surface area contributed by atoms with Crippen molar-refractivity contribution in [3.05, 3.63) is 56.5 Å². The highest BCUT2D eigenvalue weighted by atomic mass is 35.5. The molecular formula is C14H12Cl3FN2. The summed E-state index contributed by atoms with van der Waals surface area (Å²) in [6.45, 7) is 3.77. The predicted molar refractivity (Wildman–Crippen MR) is 82.4 cm³/mol. The maximum Gasteiger partial charge on any atom is 0.152 e. The van der Waals surface area contributed by atoms with E-state index in [1.165, 1.54) is 12.1 Å². The Balaban J connectivity index is 2.30. The highest BCUT2D eigenvalue weighted by Crippen LogP contribution is 2.32. The number of anilines is 1. The van der Waals surface area contributed by atoms with Gasteiger partial charge >= 0.3 is 0 Å².